The maximum Gasteiger partial charge on any atom is 0.230 e. The Morgan fingerprint density at radius 3 is 2.54 bits per heavy atom. The Kier molecular flexibility index (Phi) is 6.02. The van der Waals surface area contributed by atoms with Gasteiger partial charge in [-0.15, -0.1) is 11.8 Å². The molecule has 0 unspecified atom stereocenters. The summed E-state index contributed by atoms with van der Waals surface area (Å²) in [5.74, 6) is 1.81. The molecule has 5 heteroatoms. The van der Waals surface area contributed by atoms with Crippen LogP contribution in [-0.4, -0.2) is 25.9 Å². The van der Waals surface area contributed by atoms with E-state index in [1.807, 2.05) is 36.4 Å². The van der Waals surface area contributed by atoms with Crippen molar-refractivity contribution in [3.05, 3.63) is 66.2 Å². The zero-order chi connectivity index (χ0) is 18.4. The molecule has 0 bridgehead atoms. The van der Waals surface area contributed by atoms with Crippen LogP contribution in [0.4, 0.5) is 0 Å². The van der Waals surface area contributed by atoms with Crippen LogP contribution in [0.15, 0.2) is 65.6 Å². The number of amides is 1. The minimum absolute atomic E-state index is 0.0203. The number of rotatable bonds is 7. The summed E-state index contributed by atoms with van der Waals surface area (Å²) < 4.78 is 10.6. The van der Waals surface area contributed by atoms with E-state index in [1.165, 1.54) is 22.5 Å². The van der Waals surface area contributed by atoms with Crippen LogP contribution >= 0.6 is 11.8 Å². The minimum Gasteiger partial charge on any atom is -0.497 e. The van der Waals surface area contributed by atoms with Gasteiger partial charge in [-0.3, -0.25) is 4.79 Å². The number of thioether (sulfide) groups is 1. The van der Waals surface area contributed by atoms with Crippen LogP contribution in [-0.2, 0) is 11.3 Å². The van der Waals surface area contributed by atoms with Crippen molar-refractivity contribution in [2.24, 2.45) is 0 Å². The number of ether oxygens (including phenoxy) is 2. The Bertz CT molecular complexity index is 911. The van der Waals surface area contributed by atoms with Gasteiger partial charge in [0.15, 0.2) is 0 Å². The average molecular weight is 367 g/mol. The highest BCUT2D eigenvalue weighted by Crippen LogP contribution is 2.25. The fourth-order valence-electron chi connectivity index (χ4n) is 2.67. The predicted molar refractivity (Wildman–Crippen MR) is 106 cm³/mol. The van der Waals surface area contributed by atoms with Gasteiger partial charge in [0.2, 0.25) is 5.91 Å². The van der Waals surface area contributed by atoms with Gasteiger partial charge in [-0.05, 0) is 41.1 Å². The van der Waals surface area contributed by atoms with E-state index in [9.17, 15) is 4.79 Å². The molecule has 0 aliphatic carbocycles. The maximum absolute atomic E-state index is 12.2. The summed E-state index contributed by atoms with van der Waals surface area (Å²) in [4.78, 5) is 13.3. The number of nitrogens with one attached hydrogen (secondary N) is 1. The lowest BCUT2D eigenvalue weighted by Crippen LogP contribution is -2.24. The summed E-state index contributed by atoms with van der Waals surface area (Å²) in [6, 6.07) is 20.0. The zero-order valence-corrected chi connectivity index (χ0v) is 15.6. The number of carbonyl (C=O) groups excluding carboxylic acids is 1. The minimum atomic E-state index is -0.0203. The molecule has 0 radical (unpaired) electrons. The van der Waals surface area contributed by atoms with Crippen molar-refractivity contribution in [2.75, 3.05) is 20.0 Å². The number of methoxy groups -OCH3 is 2. The van der Waals surface area contributed by atoms with Crippen molar-refractivity contribution in [3.8, 4) is 11.5 Å². The van der Waals surface area contributed by atoms with Crippen molar-refractivity contribution in [1.29, 1.82) is 0 Å². The zero-order valence-electron chi connectivity index (χ0n) is 14.8. The smallest absolute Gasteiger partial charge is 0.230 e. The third-order valence-electron chi connectivity index (χ3n) is 4.05. The van der Waals surface area contributed by atoms with Gasteiger partial charge >= 0.3 is 0 Å². The summed E-state index contributed by atoms with van der Waals surface area (Å²) in [5.41, 5.74) is 0.885. The van der Waals surface area contributed by atoms with E-state index in [4.69, 9.17) is 9.47 Å². The Morgan fingerprint density at radius 2 is 1.77 bits per heavy atom. The second-order valence-electron chi connectivity index (χ2n) is 5.75. The Morgan fingerprint density at radius 1 is 0.962 bits per heavy atom. The lowest BCUT2D eigenvalue weighted by molar-refractivity contribution is -0.118. The molecule has 0 heterocycles. The summed E-state index contributed by atoms with van der Waals surface area (Å²) >= 11 is 1.53. The third kappa shape index (κ3) is 4.49. The predicted octanol–water partition coefficient (Wildman–Crippen LogP) is 4.27. The van der Waals surface area contributed by atoms with Crippen LogP contribution in [0.2, 0.25) is 0 Å². The number of carbonyl (C=O) groups is 1. The van der Waals surface area contributed by atoms with E-state index >= 15 is 0 Å². The molecule has 0 saturated carbocycles. The molecule has 26 heavy (non-hydrogen) atoms. The highest BCUT2D eigenvalue weighted by atomic mass is 32.2. The van der Waals surface area contributed by atoms with Gasteiger partial charge in [-0.25, -0.2) is 0 Å². The van der Waals surface area contributed by atoms with Crippen LogP contribution in [0.3, 0.4) is 0 Å². The first-order chi connectivity index (χ1) is 12.7. The van der Waals surface area contributed by atoms with Crippen LogP contribution in [0, 0.1) is 0 Å². The van der Waals surface area contributed by atoms with E-state index in [-0.39, 0.29) is 5.91 Å². The molecule has 1 amide bonds. The van der Waals surface area contributed by atoms with E-state index in [2.05, 4.69) is 29.6 Å². The molecule has 1 N–H and O–H groups in total. The molecule has 0 atom stereocenters. The van der Waals surface area contributed by atoms with Crippen molar-refractivity contribution in [3.63, 3.8) is 0 Å². The van der Waals surface area contributed by atoms with Crippen molar-refractivity contribution >= 4 is 28.4 Å². The first kappa shape index (κ1) is 18.1. The lowest BCUT2D eigenvalue weighted by Gasteiger charge is -2.11. The molecule has 3 aromatic rings. The largest absolute Gasteiger partial charge is 0.497 e. The van der Waals surface area contributed by atoms with Crippen LogP contribution < -0.4 is 14.8 Å². The second kappa shape index (κ2) is 8.63. The molecule has 3 rings (SSSR count). The molecule has 134 valence electrons. The van der Waals surface area contributed by atoms with Gasteiger partial charge in [-0.1, -0.05) is 30.3 Å². The molecule has 0 aromatic heterocycles. The molecule has 4 nitrogen and oxygen atoms in total. The van der Waals surface area contributed by atoms with E-state index in [1.54, 1.807) is 14.2 Å². The fraction of sp³-hybridized carbons (Fsp3) is 0.190. The maximum atomic E-state index is 12.2. The van der Waals surface area contributed by atoms with E-state index in [0.29, 0.717) is 12.3 Å². The topological polar surface area (TPSA) is 47.6 Å². The summed E-state index contributed by atoms with van der Waals surface area (Å²) in [6.45, 7) is 0.400. The van der Waals surface area contributed by atoms with Gasteiger partial charge in [0.05, 0.1) is 20.0 Å². The van der Waals surface area contributed by atoms with E-state index in [0.717, 1.165) is 22.0 Å². The van der Waals surface area contributed by atoms with Gasteiger partial charge in [0, 0.05) is 17.0 Å². The van der Waals surface area contributed by atoms with Crippen LogP contribution in [0.25, 0.3) is 10.8 Å². The van der Waals surface area contributed by atoms with Crippen LogP contribution in [0.5, 0.6) is 11.5 Å². The Hall–Kier alpha value is -2.66. The molecular formula is C21H21NO3S. The molecule has 3 aromatic carbocycles. The third-order valence-corrected chi connectivity index (χ3v) is 5.05. The van der Waals surface area contributed by atoms with Gasteiger partial charge in [0.1, 0.15) is 11.5 Å². The quantitative estimate of drug-likeness (QED) is 0.634. The lowest BCUT2D eigenvalue weighted by atomic mass is 10.1. The highest BCUT2D eigenvalue weighted by Gasteiger charge is 2.08. The Balaban J connectivity index is 1.57. The number of hydrogen-bond acceptors (Lipinski definition) is 4. The normalized spacial score (nSPS) is 10.5. The summed E-state index contributed by atoms with van der Waals surface area (Å²) in [5, 5.41) is 5.32. The SMILES string of the molecule is COc1ccc(OC)c(CNC(=O)CSc2ccc3ccccc3c2)c1. The number of hydrogen-bond donors (Lipinski definition) is 1. The number of fused-ring (bicyclic) bond motifs is 1. The second-order valence-corrected chi connectivity index (χ2v) is 6.80. The summed E-state index contributed by atoms with van der Waals surface area (Å²) in [6.07, 6.45) is 0. The molecule has 0 saturated heterocycles. The molecule has 0 aliphatic rings. The highest BCUT2D eigenvalue weighted by molar-refractivity contribution is 8.00. The van der Waals surface area contributed by atoms with E-state index < -0.39 is 0 Å². The van der Waals surface area contributed by atoms with Gasteiger partial charge < -0.3 is 14.8 Å². The van der Waals surface area contributed by atoms with Crippen molar-refractivity contribution < 1.29 is 14.3 Å². The standard InChI is InChI=1S/C21H21NO3S/c1-24-18-8-10-20(25-2)17(11-18)13-22-21(23)14-26-19-9-7-15-5-3-4-6-16(15)12-19/h3-12H,13-14H2,1-2H3,(H,22,23). The molecule has 0 spiro atoms. The van der Waals surface area contributed by atoms with Gasteiger partial charge in [-0.2, -0.15) is 0 Å². The monoisotopic (exact) mass is 367 g/mol. The average Bonchev–Trinajstić information content (AvgIpc) is 2.70. The van der Waals surface area contributed by atoms with Gasteiger partial charge in [0.25, 0.3) is 0 Å². The summed E-state index contributed by atoms with van der Waals surface area (Å²) in [7, 11) is 3.23. The Labute approximate surface area is 157 Å². The van der Waals surface area contributed by atoms with Crippen molar-refractivity contribution in [2.45, 2.75) is 11.4 Å². The van der Waals surface area contributed by atoms with Crippen LogP contribution in [0.1, 0.15) is 5.56 Å². The fourth-order valence-corrected chi connectivity index (χ4v) is 3.45. The first-order valence-electron chi connectivity index (χ1n) is 8.29. The van der Waals surface area contributed by atoms with Crippen molar-refractivity contribution in [1.82, 2.24) is 5.32 Å². The molecule has 0 aliphatic heterocycles. The molecule has 0 fully saturated rings. The molecular weight excluding hydrogens is 346 g/mol. The number of benzene rings is 3. The first-order valence-corrected chi connectivity index (χ1v) is 9.27.